The van der Waals surface area contributed by atoms with Crippen LogP contribution >= 0.6 is 0 Å². The van der Waals surface area contributed by atoms with Crippen molar-refractivity contribution in [2.24, 2.45) is 0 Å². The van der Waals surface area contributed by atoms with Crippen LogP contribution in [0.2, 0.25) is 0 Å². The third-order valence-corrected chi connectivity index (χ3v) is 3.05. The fourth-order valence-corrected chi connectivity index (χ4v) is 2.70. The number of hydrogen-bond acceptors (Lipinski definition) is 0. The Kier molecular flexibility index (Phi) is 5.51. The molecule has 0 radical (unpaired) electrons. The Bertz CT molecular complexity index is 332. The summed E-state index contributed by atoms with van der Waals surface area (Å²) in [7, 11) is 0. The van der Waals surface area contributed by atoms with Crippen molar-refractivity contribution in [1.82, 2.24) is 0 Å². The van der Waals surface area contributed by atoms with Crippen molar-refractivity contribution < 1.29 is 49.5 Å². The van der Waals surface area contributed by atoms with E-state index in [1.54, 1.807) is 0 Å². The van der Waals surface area contributed by atoms with E-state index in [1.165, 1.54) is 44.7 Å². The summed E-state index contributed by atoms with van der Waals surface area (Å²) in [6.07, 6.45) is 5.63. The minimum Gasteiger partial charge on any atom is -1.00 e. The number of allylic oxidation sites excluding steroid dienone is 1. The van der Waals surface area contributed by atoms with E-state index in [4.69, 9.17) is 0 Å². The molecule has 0 saturated carbocycles. The van der Waals surface area contributed by atoms with Crippen LogP contribution in [0.25, 0.3) is 6.08 Å². The Morgan fingerprint density at radius 1 is 1.23 bits per heavy atom. The number of fused-ring (bicyclic) bond motifs is 1. The molecule has 0 spiro atoms. The van der Waals surface area contributed by atoms with Gasteiger partial charge in [-0.2, -0.15) is 0 Å². The molecular weight excluding hydrogens is 282 g/mol. The summed E-state index contributed by atoms with van der Waals surface area (Å²) < 4.78 is 1.50. The van der Waals surface area contributed by atoms with Gasteiger partial charge in [-0.05, 0) is 0 Å². The molecule has 0 saturated heterocycles. The Morgan fingerprint density at radius 3 is 2.62 bits per heavy atom. The van der Waals surface area contributed by atoms with Gasteiger partial charge in [0.05, 0.1) is 0 Å². The van der Waals surface area contributed by atoms with Crippen LogP contribution in [0.5, 0.6) is 0 Å². The van der Waals surface area contributed by atoms with Gasteiger partial charge in [-0.3, -0.25) is 0 Å². The van der Waals surface area contributed by atoms with Gasteiger partial charge in [-0.25, -0.2) is 0 Å². The van der Waals surface area contributed by atoms with Crippen molar-refractivity contribution in [2.75, 3.05) is 0 Å². The van der Waals surface area contributed by atoms with Gasteiger partial charge in [0.15, 0.2) is 0 Å². The first-order chi connectivity index (χ1) is 5.27. The van der Waals surface area contributed by atoms with E-state index >= 15 is 0 Å². The van der Waals surface area contributed by atoms with Crippen LogP contribution in [-0.4, -0.2) is 0 Å². The standard InChI is InChI=1S/C10H9.2ClH.Zr/c1-8-5-6-9-3-2-4-10(9)7-8;;;/h2-3,5,7H,4H2,1H3;2*1H;/q;;;+2/p-2. The zero-order chi connectivity index (χ0) is 7.84. The second kappa shape index (κ2) is 5.34. The Morgan fingerprint density at radius 2 is 1.92 bits per heavy atom. The van der Waals surface area contributed by atoms with Crippen molar-refractivity contribution in [2.45, 2.75) is 13.3 Å². The maximum atomic E-state index is 2.29. The van der Waals surface area contributed by atoms with Crippen LogP contribution in [-0.2, 0) is 31.1 Å². The SMILES string of the molecule is Cc1c[c]([Zr+2])c2c(c1)CC=C2.[Cl-].[Cl-]. The summed E-state index contributed by atoms with van der Waals surface area (Å²) in [4.78, 5) is 0. The first-order valence-corrected chi connectivity index (χ1v) is 5.02. The normalized spacial score (nSPS) is 11.6. The predicted molar refractivity (Wildman–Crippen MR) is 43.6 cm³/mol. The van der Waals surface area contributed by atoms with Gasteiger partial charge in [0.1, 0.15) is 0 Å². The first-order valence-electron chi connectivity index (χ1n) is 3.79. The van der Waals surface area contributed by atoms with E-state index in [9.17, 15) is 0 Å². The second-order valence-corrected chi connectivity index (χ2v) is 4.32. The van der Waals surface area contributed by atoms with Crippen molar-refractivity contribution in [3.63, 3.8) is 0 Å². The van der Waals surface area contributed by atoms with Gasteiger partial charge in [-0.1, -0.05) is 0 Å². The van der Waals surface area contributed by atoms with Gasteiger partial charge in [0.2, 0.25) is 0 Å². The van der Waals surface area contributed by atoms with Gasteiger partial charge in [0, 0.05) is 0 Å². The molecule has 0 nitrogen and oxygen atoms in total. The third kappa shape index (κ3) is 2.68. The zero-order valence-corrected chi connectivity index (χ0v) is 11.2. The molecule has 0 N–H and O–H groups in total. The molecular formula is C10H9Cl2Zr. The smallest absolute Gasteiger partial charge is 1.00 e. The Balaban J connectivity index is 0.000000720. The molecule has 0 fully saturated rings. The van der Waals surface area contributed by atoms with E-state index in [-0.39, 0.29) is 24.8 Å². The summed E-state index contributed by atoms with van der Waals surface area (Å²) in [6.45, 7) is 2.17. The zero-order valence-electron chi connectivity index (χ0n) is 7.27. The molecule has 1 aliphatic rings. The number of benzene rings is 1. The largest absolute Gasteiger partial charge is 1.00 e. The van der Waals surface area contributed by atoms with E-state index < -0.39 is 0 Å². The third-order valence-electron chi connectivity index (χ3n) is 2.03. The summed E-state index contributed by atoms with van der Waals surface area (Å²) in [5, 5.41) is 0. The predicted octanol–water partition coefficient (Wildman–Crippen LogP) is -4.26. The van der Waals surface area contributed by atoms with Crippen molar-refractivity contribution >= 4 is 9.35 Å². The van der Waals surface area contributed by atoms with Gasteiger partial charge in [0.25, 0.3) is 0 Å². The van der Waals surface area contributed by atoms with Gasteiger partial charge >= 0.3 is 82.3 Å². The van der Waals surface area contributed by atoms with Gasteiger partial charge < -0.3 is 24.8 Å². The maximum Gasteiger partial charge on any atom is -1.00 e. The second-order valence-electron chi connectivity index (χ2n) is 2.99. The van der Waals surface area contributed by atoms with E-state index in [0.29, 0.717) is 0 Å². The topological polar surface area (TPSA) is 0 Å². The molecule has 2 rings (SSSR count). The monoisotopic (exact) mass is 289 g/mol. The first kappa shape index (κ1) is 13.4. The minimum absolute atomic E-state index is 0. The maximum absolute atomic E-state index is 2.29. The summed E-state index contributed by atoms with van der Waals surface area (Å²) in [5.41, 5.74) is 4.39. The van der Waals surface area contributed by atoms with Crippen LogP contribution in [0.15, 0.2) is 18.2 Å². The number of hydrogen-bond donors (Lipinski definition) is 0. The van der Waals surface area contributed by atoms with Crippen LogP contribution in [0, 0.1) is 6.92 Å². The molecule has 13 heavy (non-hydrogen) atoms. The van der Waals surface area contributed by atoms with Crippen molar-refractivity contribution in [3.8, 4) is 0 Å². The molecule has 0 heterocycles. The van der Waals surface area contributed by atoms with E-state index in [2.05, 4.69) is 31.2 Å². The Hall–Kier alpha value is 0.423. The number of halogens is 2. The summed E-state index contributed by atoms with van der Waals surface area (Å²) in [5.74, 6) is 0. The molecule has 1 aliphatic carbocycles. The molecule has 0 aromatic heterocycles. The fourth-order valence-electron chi connectivity index (χ4n) is 1.54. The van der Waals surface area contributed by atoms with Crippen LogP contribution < -0.4 is 28.1 Å². The summed E-state index contributed by atoms with van der Waals surface area (Å²) in [6, 6.07) is 4.58. The van der Waals surface area contributed by atoms with Crippen LogP contribution in [0.4, 0.5) is 0 Å². The van der Waals surface area contributed by atoms with E-state index in [1.807, 2.05) is 0 Å². The molecule has 0 atom stereocenters. The van der Waals surface area contributed by atoms with Crippen molar-refractivity contribution in [1.29, 1.82) is 0 Å². The molecule has 0 unspecified atom stereocenters. The average molecular weight is 291 g/mol. The fraction of sp³-hybridized carbons (Fsp3) is 0.200. The molecule has 0 aliphatic heterocycles. The Labute approximate surface area is 106 Å². The number of aryl methyl sites for hydroxylation is 1. The van der Waals surface area contributed by atoms with E-state index in [0.717, 1.165) is 6.42 Å². The average Bonchev–Trinajstić information content (AvgIpc) is 2.34. The van der Waals surface area contributed by atoms with Crippen LogP contribution in [0.3, 0.4) is 0 Å². The quantitative estimate of drug-likeness (QED) is 0.454. The molecule has 1 aromatic rings. The summed E-state index contributed by atoms with van der Waals surface area (Å²) >= 11 is 1.53. The number of rotatable bonds is 0. The molecule has 1 aromatic carbocycles. The van der Waals surface area contributed by atoms with Crippen molar-refractivity contribution in [3.05, 3.63) is 34.9 Å². The van der Waals surface area contributed by atoms with Crippen LogP contribution in [0.1, 0.15) is 16.7 Å². The molecule has 67 valence electrons. The van der Waals surface area contributed by atoms with Gasteiger partial charge in [-0.15, -0.1) is 0 Å². The molecule has 0 amide bonds. The molecule has 0 bridgehead atoms. The molecule has 3 heteroatoms. The minimum atomic E-state index is 0.